The third-order valence-electron chi connectivity index (χ3n) is 2.56. The van der Waals surface area contributed by atoms with E-state index in [2.05, 4.69) is 5.32 Å². The van der Waals surface area contributed by atoms with E-state index in [-0.39, 0.29) is 6.10 Å². The molecule has 12 heavy (non-hydrogen) atoms. The Morgan fingerprint density at radius 1 is 1.25 bits per heavy atom. The average Bonchev–Trinajstić information content (AvgIpc) is 2.28. The summed E-state index contributed by atoms with van der Waals surface area (Å²) >= 11 is 0. The van der Waals surface area contributed by atoms with Crippen LogP contribution in [0.2, 0.25) is 0 Å². The smallest absolute Gasteiger partial charge is 0.0636 e. The number of hydrogen-bond donors (Lipinski definition) is 2. The number of aliphatic hydroxyl groups is 1. The van der Waals surface area contributed by atoms with Gasteiger partial charge in [-0.2, -0.15) is 0 Å². The zero-order valence-electron chi connectivity index (χ0n) is 8.05. The first-order valence-corrected chi connectivity index (χ1v) is 5.20. The van der Waals surface area contributed by atoms with Crippen LogP contribution >= 0.6 is 0 Å². The Morgan fingerprint density at radius 3 is 2.33 bits per heavy atom. The Balaban J connectivity index is 2.12. The van der Waals surface area contributed by atoms with E-state index in [9.17, 15) is 0 Å². The fourth-order valence-corrected chi connectivity index (χ4v) is 1.82. The van der Waals surface area contributed by atoms with Crippen LogP contribution in [0.25, 0.3) is 0 Å². The Labute approximate surface area is 75.4 Å². The van der Waals surface area contributed by atoms with E-state index in [1.54, 1.807) is 0 Å². The predicted molar refractivity (Wildman–Crippen MR) is 51.2 cm³/mol. The van der Waals surface area contributed by atoms with Crippen LogP contribution in [-0.2, 0) is 0 Å². The third kappa shape index (κ3) is 4.07. The van der Waals surface area contributed by atoms with Crippen molar-refractivity contribution in [2.24, 2.45) is 0 Å². The first-order valence-electron chi connectivity index (χ1n) is 5.20. The van der Waals surface area contributed by atoms with Crippen molar-refractivity contribution in [3.8, 4) is 0 Å². The Morgan fingerprint density at radius 2 is 1.83 bits per heavy atom. The fraction of sp³-hybridized carbons (Fsp3) is 1.00. The molecule has 1 aliphatic carbocycles. The molecule has 0 aliphatic heterocycles. The lowest BCUT2D eigenvalue weighted by atomic mass is 10.1. The molecule has 1 fully saturated rings. The summed E-state index contributed by atoms with van der Waals surface area (Å²) in [5, 5.41) is 12.5. The van der Waals surface area contributed by atoms with E-state index < -0.39 is 0 Å². The maximum absolute atomic E-state index is 9.09. The molecular formula is C10H21NO. The van der Waals surface area contributed by atoms with Gasteiger partial charge in [0, 0.05) is 12.6 Å². The van der Waals surface area contributed by atoms with Crippen LogP contribution in [0.1, 0.15) is 45.4 Å². The molecule has 0 aromatic heterocycles. The highest BCUT2D eigenvalue weighted by Crippen LogP contribution is 2.16. The largest absolute Gasteiger partial charge is 0.392 e. The zero-order chi connectivity index (χ0) is 8.81. The van der Waals surface area contributed by atoms with E-state index in [0.29, 0.717) is 6.04 Å². The van der Waals surface area contributed by atoms with Crippen molar-refractivity contribution in [3.63, 3.8) is 0 Å². The van der Waals surface area contributed by atoms with Crippen molar-refractivity contribution in [2.45, 2.75) is 57.6 Å². The monoisotopic (exact) mass is 171 g/mol. The second kappa shape index (κ2) is 5.55. The number of rotatable bonds is 3. The molecule has 0 heterocycles. The molecule has 0 spiro atoms. The predicted octanol–water partition coefficient (Wildman–Crippen LogP) is 1.68. The van der Waals surface area contributed by atoms with Gasteiger partial charge >= 0.3 is 0 Å². The summed E-state index contributed by atoms with van der Waals surface area (Å²) in [6, 6.07) is 0.669. The second-order valence-corrected chi connectivity index (χ2v) is 3.95. The fourth-order valence-electron chi connectivity index (χ4n) is 1.82. The van der Waals surface area contributed by atoms with Gasteiger partial charge in [-0.15, -0.1) is 0 Å². The van der Waals surface area contributed by atoms with E-state index >= 15 is 0 Å². The molecule has 2 heteroatoms. The maximum Gasteiger partial charge on any atom is 0.0636 e. The molecule has 1 rings (SSSR count). The average molecular weight is 171 g/mol. The minimum Gasteiger partial charge on any atom is -0.392 e. The van der Waals surface area contributed by atoms with Crippen LogP contribution in [0.15, 0.2) is 0 Å². The minimum atomic E-state index is -0.201. The lowest BCUT2D eigenvalue weighted by molar-refractivity contribution is 0.184. The maximum atomic E-state index is 9.09. The van der Waals surface area contributed by atoms with Gasteiger partial charge in [-0.1, -0.05) is 25.7 Å². The SMILES string of the molecule is C[C@H](O)CNC1CCCCCC1. The van der Waals surface area contributed by atoms with Crippen molar-refractivity contribution in [1.29, 1.82) is 0 Å². The molecule has 0 amide bonds. The van der Waals surface area contributed by atoms with Gasteiger partial charge in [0.25, 0.3) is 0 Å². The van der Waals surface area contributed by atoms with Gasteiger partial charge in [-0.3, -0.25) is 0 Å². The van der Waals surface area contributed by atoms with Gasteiger partial charge in [0.15, 0.2) is 0 Å². The summed E-state index contributed by atoms with van der Waals surface area (Å²) in [6.45, 7) is 2.59. The Bertz CT molecular complexity index is 106. The van der Waals surface area contributed by atoms with Gasteiger partial charge in [-0.05, 0) is 19.8 Å². The summed E-state index contributed by atoms with van der Waals surface area (Å²) in [5.41, 5.74) is 0. The van der Waals surface area contributed by atoms with Gasteiger partial charge < -0.3 is 10.4 Å². The van der Waals surface area contributed by atoms with Crippen LogP contribution in [0.5, 0.6) is 0 Å². The van der Waals surface area contributed by atoms with Gasteiger partial charge in [0.1, 0.15) is 0 Å². The van der Waals surface area contributed by atoms with Crippen LogP contribution in [0, 0.1) is 0 Å². The van der Waals surface area contributed by atoms with Crippen molar-refractivity contribution < 1.29 is 5.11 Å². The normalized spacial score (nSPS) is 23.5. The quantitative estimate of drug-likeness (QED) is 0.633. The molecule has 0 bridgehead atoms. The van der Waals surface area contributed by atoms with Crippen LogP contribution in [-0.4, -0.2) is 23.8 Å². The highest BCUT2D eigenvalue weighted by molar-refractivity contribution is 4.71. The molecule has 72 valence electrons. The topological polar surface area (TPSA) is 32.3 Å². The van der Waals surface area contributed by atoms with E-state index in [1.807, 2.05) is 6.92 Å². The molecule has 0 radical (unpaired) electrons. The van der Waals surface area contributed by atoms with Gasteiger partial charge in [-0.25, -0.2) is 0 Å². The Kier molecular flexibility index (Phi) is 4.62. The van der Waals surface area contributed by atoms with Crippen molar-refractivity contribution in [1.82, 2.24) is 5.32 Å². The lowest BCUT2D eigenvalue weighted by Crippen LogP contribution is -2.34. The molecule has 2 nitrogen and oxygen atoms in total. The first-order chi connectivity index (χ1) is 5.79. The third-order valence-corrected chi connectivity index (χ3v) is 2.56. The highest BCUT2D eigenvalue weighted by Gasteiger charge is 2.11. The number of hydrogen-bond acceptors (Lipinski definition) is 2. The summed E-state index contributed by atoms with van der Waals surface area (Å²) < 4.78 is 0. The lowest BCUT2D eigenvalue weighted by Gasteiger charge is -2.16. The van der Waals surface area contributed by atoms with E-state index in [1.165, 1.54) is 38.5 Å². The summed E-state index contributed by atoms with van der Waals surface area (Å²) in [5.74, 6) is 0. The van der Waals surface area contributed by atoms with Crippen LogP contribution in [0.3, 0.4) is 0 Å². The summed E-state index contributed by atoms with van der Waals surface area (Å²) in [7, 11) is 0. The van der Waals surface area contributed by atoms with Gasteiger partial charge in [0.05, 0.1) is 6.10 Å². The first kappa shape index (κ1) is 10.0. The molecule has 0 aromatic rings. The molecule has 1 saturated carbocycles. The van der Waals surface area contributed by atoms with Crippen molar-refractivity contribution in [3.05, 3.63) is 0 Å². The highest BCUT2D eigenvalue weighted by atomic mass is 16.3. The molecule has 2 N–H and O–H groups in total. The van der Waals surface area contributed by atoms with Gasteiger partial charge in [0.2, 0.25) is 0 Å². The van der Waals surface area contributed by atoms with Crippen molar-refractivity contribution in [2.75, 3.05) is 6.54 Å². The molecule has 0 unspecified atom stereocenters. The molecule has 0 saturated heterocycles. The van der Waals surface area contributed by atoms with Crippen LogP contribution < -0.4 is 5.32 Å². The zero-order valence-corrected chi connectivity index (χ0v) is 8.05. The summed E-state index contributed by atoms with van der Waals surface area (Å²) in [4.78, 5) is 0. The second-order valence-electron chi connectivity index (χ2n) is 3.95. The number of nitrogens with one attached hydrogen (secondary N) is 1. The number of aliphatic hydroxyl groups excluding tert-OH is 1. The van der Waals surface area contributed by atoms with Crippen LogP contribution in [0.4, 0.5) is 0 Å². The molecule has 1 aliphatic rings. The molecule has 0 aromatic carbocycles. The molecule has 1 atom stereocenters. The standard InChI is InChI=1S/C10H21NO/c1-9(12)8-11-10-6-4-2-3-5-7-10/h9-12H,2-8H2,1H3/t9-/m0/s1. The van der Waals surface area contributed by atoms with E-state index in [0.717, 1.165) is 6.54 Å². The summed E-state index contributed by atoms with van der Waals surface area (Å²) in [6.07, 6.45) is 7.90. The molecular weight excluding hydrogens is 150 g/mol. The van der Waals surface area contributed by atoms with E-state index in [4.69, 9.17) is 5.11 Å². The van der Waals surface area contributed by atoms with Crippen molar-refractivity contribution >= 4 is 0 Å². The Hall–Kier alpha value is -0.0800. The minimum absolute atomic E-state index is 0.201.